The van der Waals surface area contributed by atoms with Gasteiger partial charge < -0.3 is 0 Å². The van der Waals surface area contributed by atoms with Gasteiger partial charge in [-0.3, -0.25) is 0 Å². The first kappa shape index (κ1) is 49.4. The highest BCUT2D eigenvalue weighted by Gasteiger charge is 2.47. The molecule has 49 heavy (non-hydrogen) atoms. The lowest BCUT2D eigenvalue weighted by Gasteiger charge is -2.54. The van der Waals surface area contributed by atoms with E-state index in [1.807, 2.05) is 0 Å². The van der Waals surface area contributed by atoms with Gasteiger partial charge in [-0.1, -0.05) is 282 Å². The van der Waals surface area contributed by atoms with Crippen LogP contribution in [0.25, 0.3) is 0 Å². The molecule has 0 atom stereocenters. The zero-order chi connectivity index (χ0) is 36.5. The smallest absolute Gasteiger partial charge is 0.0141 e. The molecule has 0 bridgehead atoms. The molecule has 0 aliphatic heterocycles. The van der Waals surface area contributed by atoms with Crippen molar-refractivity contribution in [3.63, 3.8) is 0 Å². The Morgan fingerprint density at radius 3 is 0.531 bits per heavy atom. The lowest BCUT2D eigenvalue weighted by Crippen LogP contribution is -2.40. The van der Waals surface area contributed by atoms with E-state index in [2.05, 4.69) is 62.3 Å². The van der Waals surface area contributed by atoms with E-state index in [1.165, 1.54) is 231 Å². The Morgan fingerprint density at radius 2 is 0.367 bits per heavy atom. The maximum Gasteiger partial charge on any atom is -0.0141 e. The first-order valence-corrected chi connectivity index (χ1v) is 24.7. The molecule has 0 N–H and O–H groups in total. The summed E-state index contributed by atoms with van der Waals surface area (Å²) in [7, 11) is -0.104. The SMILES string of the molecule is CCCCCCCCCCCCCC(C)(C)P(C(C)(C)CCCCCCCCCCCCC)C(C)(C)CCCCCCCCCCCCC. The van der Waals surface area contributed by atoms with Crippen molar-refractivity contribution in [2.45, 2.75) is 309 Å². The Labute approximate surface area is 315 Å². The fourth-order valence-electron chi connectivity index (χ4n) is 9.46. The van der Waals surface area contributed by atoms with Crippen LogP contribution < -0.4 is 0 Å². The molecule has 0 amide bonds. The summed E-state index contributed by atoms with van der Waals surface area (Å²) >= 11 is 0. The molecule has 0 aromatic carbocycles. The number of rotatable bonds is 39. The Morgan fingerprint density at radius 1 is 0.224 bits per heavy atom. The number of hydrogen-bond acceptors (Lipinski definition) is 0. The zero-order valence-corrected chi connectivity index (χ0v) is 37.3. The number of unbranched alkanes of at least 4 members (excludes halogenated alkanes) is 30. The Kier molecular flexibility index (Phi) is 33.3. The summed E-state index contributed by atoms with van der Waals surface area (Å²) in [4.78, 5) is 0. The van der Waals surface area contributed by atoms with Gasteiger partial charge in [0.2, 0.25) is 0 Å². The van der Waals surface area contributed by atoms with Crippen molar-refractivity contribution in [2.24, 2.45) is 0 Å². The predicted octanol–water partition coefficient (Wildman–Crippen LogP) is 18.9. The minimum Gasteiger partial charge on any atom is -0.0893 e. The Balaban J connectivity index is 4.87. The molecule has 0 heterocycles. The average Bonchev–Trinajstić information content (AvgIpc) is 3.04. The van der Waals surface area contributed by atoms with Gasteiger partial charge in [0.15, 0.2) is 0 Å². The van der Waals surface area contributed by atoms with Crippen molar-refractivity contribution in [2.75, 3.05) is 0 Å². The highest BCUT2D eigenvalue weighted by molar-refractivity contribution is 7.62. The van der Waals surface area contributed by atoms with E-state index in [1.54, 1.807) is 0 Å². The first-order valence-electron chi connectivity index (χ1n) is 23.4. The molecule has 0 aromatic rings. The van der Waals surface area contributed by atoms with Gasteiger partial charge in [-0.2, -0.15) is 0 Å². The quantitative estimate of drug-likeness (QED) is 0.0441. The van der Waals surface area contributed by atoms with Gasteiger partial charge in [0.25, 0.3) is 0 Å². The predicted molar refractivity (Wildman–Crippen MR) is 232 cm³/mol. The molecule has 0 saturated carbocycles. The molecule has 0 unspecified atom stereocenters. The molecular weight excluding hydrogens is 608 g/mol. The van der Waals surface area contributed by atoms with E-state index in [-0.39, 0.29) is 7.92 Å². The van der Waals surface area contributed by atoms with Crippen LogP contribution in [0, 0.1) is 0 Å². The maximum absolute atomic E-state index is 2.71. The maximum atomic E-state index is 2.71. The molecule has 0 aromatic heterocycles. The van der Waals surface area contributed by atoms with Crippen LogP contribution in [0.15, 0.2) is 0 Å². The molecule has 0 nitrogen and oxygen atoms in total. The second-order valence-corrected chi connectivity index (χ2v) is 22.9. The second kappa shape index (κ2) is 33.0. The molecule has 296 valence electrons. The molecule has 0 saturated heterocycles. The molecule has 0 radical (unpaired) electrons. The molecule has 0 fully saturated rings. The third kappa shape index (κ3) is 28.6. The van der Waals surface area contributed by atoms with Crippen molar-refractivity contribution in [3.8, 4) is 0 Å². The van der Waals surface area contributed by atoms with Crippen LogP contribution in [-0.2, 0) is 0 Å². The van der Waals surface area contributed by atoms with Gasteiger partial charge >= 0.3 is 0 Å². The Bertz CT molecular complexity index is 570. The van der Waals surface area contributed by atoms with Gasteiger partial charge in [-0.15, -0.1) is 0 Å². The first-order chi connectivity index (χ1) is 23.5. The topological polar surface area (TPSA) is 0 Å². The highest BCUT2D eigenvalue weighted by atomic mass is 31.1. The molecule has 0 rings (SSSR count). The molecule has 0 aliphatic carbocycles. The fraction of sp³-hybridized carbons (Fsp3) is 1.00. The Hall–Kier alpha value is 0.430. The van der Waals surface area contributed by atoms with E-state index < -0.39 is 0 Å². The summed E-state index contributed by atoms with van der Waals surface area (Å²) in [5.74, 6) is 0. The standard InChI is InChI=1S/C48H99P/c1-10-13-16-19-22-25-28-31-34-37-40-43-46(4,5)49(47(6,7)44-41-38-35-32-29-26-23-20-17-14-11-2)48(8,9)45-42-39-36-33-30-27-24-21-18-15-12-3/h10-45H2,1-9H3. The van der Waals surface area contributed by atoms with Gasteiger partial charge in [0.1, 0.15) is 0 Å². The van der Waals surface area contributed by atoms with E-state index in [0.29, 0.717) is 15.5 Å². The van der Waals surface area contributed by atoms with E-state index >= 15 is 0 Å². The van der Waals surface area contributed by atoms with Crippen LogP contribution in [0.5, 0.6) is 0 Å². The average molecular weight is 707 g/mol. The van der Waals surface area contributed by atoms with Crippen LogP contribution >= 0.6 is 7.92 Å². The van der Waals surface area contributed by atoms with Gasteiger partial charge in [-0.05, 0) is 34.7 Å². The van der Waals surface area contributed by atoms with E-state index in [0.717, 1.165) is 0 Å². The summed E-state index contributed by atoms with van der Waals surface area (Å²) in [6.45, 7) is 23.2. The third-order valence-corrected chi connectivity index (χ3v) is 16.3. The molecule has 0 spiro atoms. The van der Waals surface area contributed by atoms with Crippen molar-refractivity contribution in [3.05, 3.63) is 0 Å². The van der Waals surface area contributed by atoms with Crippen molar-refractivity contribution in [1.29, 1.82) is 0 Å². The molecule has 1 heteroatoms. The largest absolute Gasteiger partial charge is 0.0893 e. The van der Waals surface area contributed by atoms with Crippen molar-refractivity contribution >= 4 is 7.92 Å². The lowest BCUT2D eigenvalue weighted by atomic mass is 10.00. The van der Waals surface area contributed by atoms with Crippen LogP contribution in [0.2, 0.25) is 0 Å². The summed E-state index contributed by atoms with van der Waals surface area (Å²) in [6, 6.07) is 0. The van der Waals surface area contributed by atoms with E-state index in [4.69, 9.17) is 0 Å². The van der Waals surface area contributed by atoms with Crippen LogP contribution in [-0.4, -0.2) is 15.5 Å². The summed E-state index contributed by atoms with van der Waals surface area (Å²) in [5.41, 5.74) is 0. The molecule has 0 aliphatic rings. The van der Waals surface area contributed by atoms with Gasteiger partial charge in [0, 0.05) is 0 Å². The summed E-state index contributed by atoms with van der Waals surface area (Å²) < 4.78 is 0. The summed E-state index contributed by atoms with van der Waals surface area (Å²) in [5, 5.41) is 1.41. The highest BCUT2D eigenvalue weighted by Crippen LogP contribution is 2.71. The van der Waals surface area contributed by atoms with Crippen molar-refractivity contribution in [1.82, 2.24) is 0 Å². The number of hydrogen-bond donors (Lipinski definition) is 0. The van der Waals surface area contributed by atoms with Crippen molar-refractivity contribution < 1.29 is 0 Å². The normalized spacial score (nSPS) is 12.9. The summed E-state index contributed by atoms with van der Waals surface area (Å²) in [6.07, 6.45) is 52.3. The van der Waals surface area contributed by atoms with E-state index in [9.17, 15) is 0 Å². The fourth-order valence-corrected chi connectivity index (χ4v) is 15.5. The van der Waals surface area contributed by atoms with Gasteiger partial charge in [0.05, 0.1) is 0 Å². The zero-order valence-electron chi connectivity index (χ0n) is 36.4. The van der Waals surface area contributed by atoms with Gasteiger partial charge in [-0.25, -0.2) is 0 Å². The van der Waals surface area contributed by atoms with Crippen LogP contribution in [0.1, 0.15) is 293 Å². The monoisotopic (exact) mass is 707 g/mol. The third-order valence-electron chi connectivity index (χ3n) is 12.0. The van der Waals surface area contributed by atoms with Crippen LogP contribution in [0.3, 0.4) is 0 Å². The minimum absolute atomic E-state index is 0.104. The lowest BCUT2D eigenvalue weighted by molar-refractivity contribution is 0.466. The second-order valence-electron chi connectivity index (χ2n) is 18.6. The molecular formula is C48H99P. The minimum atomic E-state index is -0.104. The van der Waals surface area contributed by atoms with Crippen LogP contribution in [0.4, 0.5) is 0 Å².